The molecule has 1 aliphatic heterocycles. The first kappa shape index (κ1) is 15.6. The molecule has 0 radical (unpaired) electrons. The van der Waals surface area contributed by atoms with Crippen molar-refractivity contribution in [2.75, 3.05) is 38.5 Å². The van der Waals surface area contributed by atoms with Gasteiger partial charge in [-0.05, 0) is 50.6 Å². The molecule has 1 heterocycles. The second kappa shape index (κ2) is 7.88. The number of hydrogen-bond donors (Lipinski definition) is 2. The smallest absolute Gasteiger partial charge is 0.251 e. The summed E-state index contributed by atoms with van der Waals surface area (Å²) in [6.07, 6.45) is 3.46. The number of nitrogen functional groups attached to an aromatic ring is 1. The number of nitrogens with zero attached hydrogens (tertiary/aromatic N) is 1. The maximum atomic E-state index is 11.9. The van der Waals surface area contributed by atoms with E-state index in [1.54, 1.807) is 18.2 Å². The van der Waals surface area contributed by atoms with Crippen LogP contribution in [0.15, 0.2) is 18.2 Å². The highest BCUT2D eigenvalue weighted by Crippen LogP contribution is 2.23. The number of anilines is 1. The molecule has 0 unspecified atom stereocenters. The summed E-state index contributed by atoms with van der Waals surface area (Å²) >= 11 is 0. The Morgan fingerprint density at radius 2 is 2.14 bits per heavy atom. The van der Waals surface area contributed by atoms with Gasteiger partial charge in [0.05, 0.1) is 5.69 Å². The maximum Gasteiger partial charge on any atom is 0.251 e. The number of ether oxygens (including phenoxy) is 1. The van der Waals surface area contributed by atoms with Gasteiger partial charge in [0.1, 0.15) is 12.4 Å². The SMILES string of the molecule is CCCNC(=O)c1ccc(N)c(OCCN2CCCC2)c1. The van der Waals surface area contributed by atoms with Crippen LogP contribution in [0.2, 0.25) is 0 Å². The minimum Gasteiger partial charge on any atom is -0.490 e. The van der Waals surface area contributed by atoms with Crippen LogP contribution in [-0.4, -0.2) is 43.6 Å². The van der Waals surface area contributed by atoms with Crippen LogP contribution >= 0.6 is 0 Å². The van der Waals surface area contributed by atoms with E-state index in [-0.39, 0.29) is 5.91 Å². The molecule has 0 saturated carbocycles. The lowest BCUT2D eigenvalue weighted by Gasteiger charge is -2.16. The summed E-state index contributed by atoms with van der Waals surface area (Å²) in [4.78, 5) is 14.3. The van der Waals surface area contributed by atoms with Gasteiger partial charge in [-0.15, -0.1) is 0 Å². The molecule has 0 atom stereocenters. The number of likely N-dealkylation sites (tertiary alicyclic amines) is 1. The molecule has 0 bridgehead atoms. The van der Waals surface area contributed by atoms with Crippen molar-refractivity contribution in [1.29, 1.82) is 0 Å². The summed E-state index contributed by atoms with van der Waals surface area (Å²) in [7, 11) is 0. The number of rotatable bonds is 7. The maximum absolute atomic E-state index is 11.9. The standard InChI is InChI=1S/C16H25N3O2/c1-2-7-18-16(20)13-5-6-14(17)15(12-13)21-11-10-19-8-3-4-9-19/h5-6,12H,2-4,7-11,17H2,1H3,(H,18,20). The Bertz CT molecular complexity index is 471. The van der Waals surface area contributed by atoms with Crippen molar-refractivity contribution in [3.63, 3.8) is 0 Å². The zero-order valence-electron chi connectivity index (χ0n) is 12.7. The van der Waals surface area contributed by atoms with Crippen LogP contribution in [0.5, 0.6) is 5.75 Å². The zero-order chi connectivity index (χ0) is 15.1. The number of amides is 1. The quantitative estimate of drug-likeness (QED) is 0.753. The number of carbonyl (C=O) groups is 1. The van der Waals surface area contributed by atoms with Gasteiger partial charge in [0.25, 0.3) is 5.91 Å². The summed E-state index contributed by atoms with van der Waals surface area (Å²) in [6.45, 7) is 6.51. The average Bonchev–Trinajstić information content (AvgIpc) is 3.00. The summed E-state index contributed by atoms with van der Waals surface area (Å²) in [5.74, 6) is 0.514. The van der Waals surface area contributed by atoms with E-state index in [2.05, 4.69) is 10.2 Å². The molecule has 0 aromatic heterocycles. The lowest BCUT2D eigenvalue weighted by molar-refractivity contribution is 0.0953. The van der Waals surface area contributed by atoms with Crippen molar-refractivity contribution in [2.24, 2.45) is 0 Å². The Labute approximate surface area is 126 Å². The first-order valence-electron chi connectivity index (χ1n) is 7.73. The van der Waals surface area contributed by atoms with E-state index in [9.17, 15) is 4.79 Å². The highest BCUT2D eigenvalue weighted by atomic mass is 16.5. The van der Waals surface area contributed by atoms with E-state index in [1.165, 1.54) is 12.8 Å². The highest BCUT2D eigenvalue weighted by Gasteiger charge is 2.12. The van der Waals surface area contributed by atoms with Gasteiger partial charge in [0.15, 0.2) is 0 Å². The van der Waals surface area contributed by atoms with Crippen molar-refractivity contribution in [2.45, 2.75) is 26.2 Å². The monoisotopic (exact) mass is 291 g/mol. The largest absolute Gasteiger partial charge is 0.490 e. The van der Waals surface area contributed by atoms with Gasteiger partial charge in [-0.3, -0.25) is 9.69 Å². The van der Waals surface area contributed by atoms with Gasteiger partial charge < -0.3 is 15.8 Å². The number of nitrogens with one attached hydrogen (secondary N) is 1. The summed E-state index contributed by atoms with van der Waals surface area (Å²) < 4.78 is 5.75. The van der Waals surface area contributed by atoms with Crippen LogP contribution in [0.4, 0.5) is 5.69 Å². The molecule has 0 aliphatic carbocycles. The molecule has 5 heteroatoms. The molecule has 21 heavy (non-hydrogen) atoms. The molecule has 2 rings (SSSR count). The third-order valence-electron chi connectivity index (χ3n) is 3.68. The third-order valence-corrected chi connectivity index (χ3v) is 3.68. The topological polar surface area (TPSA) is 67.6 Å². The third kappa shape index (κ3) is 4.63. The zero-order valence-corrected chi connectivity index (χ0v) is 12.7. The van der Waals surface area contributed by atoms with Crippen LogP contribution in [0.25, 0.3) is 0 Å². The minimum absolute atomic E-state index is 0.0822. The summed E-state index contributed by atoms with van der Waals surface area (Å²) in [6, 6.07) is 5.18. The predicted molar refractivity (Wildman–Crippen MR) is 84.6 cm³/mol. The van der Waals surface area contributed by atoms with Crippen LogP contribution in [0, 0.1) is 0 Å². The van der Waals surface area contributed by atoms with Gasteiger partial charge in [-0.2, -0.15) is 0 Å². The Morgan fingerprint density at radius 1 is 1.38 bits per heavy atom. The molecule has 1 aromatic carbocycles. The molecule has 1 fully saturated rings. The summed E-state index contributed by atoms with van der Waals surface area (Å²) in [5.41, 5.74) is 7.08. The van der Waals surface area contributed by atoms with Crippen LogP contribution in [0.1, 0.15) is 36.5 Å². The summed E-state index contributed by atoms with van der Waals surface area (Å²) in [5, 5.41) is 2.85. The van der Waals surface area contributed by atoms with E-state index in [0.29, 0.717) is 30.2 Å². The molecule has 1 amide bonds. The molecular weight excluding hydrogens is 266 g/mol. The van der Waals surface area contributed by atoms with Gasteiger partial charge in [-0.25, -0.2) is 0 Å². The van der Waals surface area contributed by atoms with Crippen LogP contribution in [0.3, 0.4) is 0 Å². The van der Waals surface area contributed by atoms with Gasteiger partial charge in [0, 0.05) is 18.7 Å². The van der Waals surface area contributed by atoms with Crippen molar-refractivity contribution in [3.8, 4) is 5.75 Å². The van der Waals surface area contributed by atoms with E-state index in [4.69, 9.17) is 10.5 Å². The van der Waals surface area contributed by atoms with E-state index in [0.717, 1.165) is 26.1 Å². The van der Waals surface area contributed by atoms with Gasteiger partial charge in [0.2, 0.25) is 0 Å². The fraction of sp³-hybridized carbons (Fsp3) is 0.562. The predicted octanol–water partition coefficient (Wildman–Crippen LogP) is 1.88. The van der Waals surface area contributed by atoms with Crippen molar-refractivity contribution in [1.82, 2.24) is 10.2 Å². The van der Waals surface area contributed by atoms with E-state index in [1.807, 2.05) is 6.92 Å². The first-order chi connectivity index (χ1) is 10.2. The molecule has 5 nitrogen and oxygen atoms in total. The number of carbonyl (C=O) groups excluding carboxylic acids is 1. The van der Waals surface area contributed by atoms with E-state index >= 15 is 0 Å². The molecule has 116 valence electrons. The second-order valence-electron chi connectivity index (χ2n) is 5.41. The molecule has 3 N–H and O–H groups in total. The average molecular weight is 291 g/mol. The lowest BCUT2D eigenvalue weighted by Crippen LogP contribution is -2.25. The Hall–Kier alpha value is -1.75. The van der Waals surface area contributed by atoms with Crippen LogP contribution < -0.4 is 15.8 Å². The number of hydrogen-bond acceptors (Lipinski definition) is 4. The molecule has 1 aromatic rings. The molecular formula is C16H25N3O2. The molecule has 1 saturated heterocycles. The first-order valence-corrected chi connectivity index (χ1v) is 7.73. The fourth-order valence-electron chi connectivity index (χ4n) is 2.43. The van der Waals surface area contributed by atoms with Gasteiger partial charge >= 0.3 is 0 Å². The second-order valence-corrected chi connectivity index (χ2v) is 5.41. The van der Waals surface area contributed by atoms with Crippen LogP contribution in [-0.2, 0) is 0 Å². The Morgan fingerprint density at radius 3 is 2.86 bits per heavy atom. The molecule has 0 spiro atoms. The number of benzene rings is 1. The van der Waals surface area contributed by atoms with Crippen molar-refractivity contribution >= 4 is 11.6 Å². The van der Waals surface area contributed by atoms with E-state index < -0.39 is 0 Å². The lowest BCUT2D eigenvalue weighted by atomic mass is 10.1. The Kier molecular flexibility index (Phi) is 5.87. The minimum atomic E-state index is -0.0822. The normalized spacial score (nSPS) is 15.1. The van der Waals surface area contributed by atoms with Gasteiger partial charge in [-0.1, -0.05) is 6.92 Å². The van der Waals surface area contributed by atoms with Crippen molar-refractivity contribution < 1.29 is 9.53 Å². The fourth-order valence-corrected chi connectivity index (χ4v) is 2.43. The highest BCUT2D eigenvalue weighted by molar-refractivity contribution is 5.95. The Balaban J connectivity index is 1.89. The van der Waals surface area contributed by atoms with Crippen molar-refractivity contribution in [3.05, 3.63) is 23.8 Å². The molecule has 1 aliphatic rings. The number of nitrogens with two attached hydrogens (primary N) is 1.